The molecule has 1 atom stereocenters. The summed E-state index contributed by atoms with van der Waals surface area (Å²) in [7, 11) is 1.28. The van der Waals surface area contributed by atoms with Gasteiger partial charge in [-0.2, -0.15) is 0 Å². The molecule has 0 unspecified atom stereocenters. The van der Waals surface area contributed by atoms with Gasteiger partial charge in [-0.1, -0.05) is 29.8 Å². The normalized spacial score (nSPS) is 11.5. The highest BCUT2D eigenvalue weighted by Crippen LogP contribution is 2.16. The maximum atomic E-state index is 12.1. The van der Waals surface area contributed by atoms with Crippen LogP contribution >= 0.6 is 0 Å². The van der Waals surface area contributed by atoms with Gasteiger partial charge in [0.05, 0.1) is 13.3 Å². The first-order chi connectivity index (χ1) is 10.1. The van der Waals surface area contributed by atoms with E-state index in [0.29, 0.717) is 5.56 Å². The van der Waals surface area contributed by atoms with Crippen LogP contribution < -0.4 is 5.32 Å². The van der Waals surface area contributed by atoms with Crippen LogP contribution in [0.25, 0.3) is 0 Å². The van der Waals surface area contributed by atoms with Gasteiger partial charge in [0.25, 0.3) is 5.91 Å². The van der Waals surface area contributed by atoms with E-state index in [-0.39, 0.29) is 5.69 Å². The van der Waals surface area contributed by atoms with Gasteiger partial charge >= 0.3 is 5.97 Å². The summed E-state index contributed by atoms with van der Waals surface area (Å²) in [4.78, 5) is 31.8. The molecule has 1 aromatic heterocycles. The van der Waals surface area contributed by atoms with Crippen molar-refractivity contribution >= 4 is 11.9 Å². The van der Waals surface area contributed by atoms with Crippen molar-refractivity contribution in [1.82, 2.24) is 15.3 Å². The fourth-order valence-corrected chi connectivity index (χ4v) is 1.87. The zero-order chi connectivity index (χ0) is 15.2. The quantitative estimate of drug-likeness (QED) is 0.859. The van der Waals surface area contributed by atoms with Crippen molar-refractivity contribution in [3.8, 4) is 0 Å². The Morgan fingerprint density at radius 1 is 1.29 bits per heavy atom. The average Bonchev–Trinajstić information content (AvgIpc) is 2.52. The third-order valence-corrected chi connectivity index (χ3v) is 2.88. The summed E-state index contributed by atoms with van der Waals surface area (Å²) in [6.07, 6.45) is 4.21. The smallest absolute Gasteiger partial charge is 0.333 e. The second-order valence-corrected chi connectivity index (χ2v) is 4.43. The summed E-state index contributed by atoms with van der Waals surface area (Å²) >= 11 is 0. The largest absolute Gasteiger partial charge is 0.467 e. The lowest BCUT2D eigenvalue weighted by atomic mass is 10.0. The van der Waals surface area contributed by atoms with Crippen LogP contribution in [0.1, 0.15) is 27.7 Å². The van der Waals surface area contributed by atoms with Crippen LogP contribution in [0.2, 0.25) is 0 Å². The Hall–Kier alpha value is -2.76. The summed E-state index contributed by atoms with van der Waals surface area (Å²) in [5.41, 5.74) is 1.77. The van der Waals surface area contributed by atoms with Crippen molar-refractivity contribution in [3.63, 3.8) is 0 Å². The summed E-state index contributed by atoms with van der Waals surface area (Å²) in [6.45, 7) is 1.91. The van der Waals surface area contributed by atoms with E-state index in [4.69, 9.17) is 4.74 Å². The van der Waals surface area contributed by atoms with Crippen molar-refractivity contribution in [2.45, 2.75) is 13.0 Å². The molecule has 108 valence electrons. The monoisotopic (exact) mass is 285 g/mol. The predicted octanol–water partition coefficient (Wildman–Crippen LogP) is 1.43. The highest BCUT2D eigenvalue weighted by atomic mass is 16.5. The van der Waals surface area contributed by atoms with E-state index in [1.807, 2.05) is 25.1 Å². The molecule has 0 radical (unpaired) electrons. The van der Waals surface area contributed by atoms with Crippen LogP contribution in [0.5, 0.6) is 0 Å². The van der Waals surface area contributed by atoms with Gasteiger partial charge in [-0.05, 0) is 12.5 Å². The average molecular weight is 285 g/mol. The highest BCUT2D eigenvalue weighted by molar-refractivity contribution is 5.95. The lowest BCUT2D eigenvalue weighted by Crippen LogP contribution is -2.35. The van der Waals surface area contributed by atoms with E-state index in [2.05, 4.69) is 15.3 Å². The topological polar surface area (TPSA) is 81.2 Å². The zero-order valence-corrected chi connectivity index (χ0v) is 11.7. The lowest BCUT2D eigenvalue weighted by molar-refractivity contribution is -0.143. The molecule has 6 heteroatoms. The van der Waals surface area contributed by atoms with Crippen LogP contribution in [-0.2, 0) is 9.53 Å². The van der Waals surface area contributed by atoms with E-state index in [1.165, 1.54) is 25.7 Å². The molecule has 2 aromatic rings. The van der Waals surface area contributed by atoms with Crippen LogP contribution in [0, 0.1) is 6.92 Å². The molecule has 0 bridgehead atoms. The number of aryl methyl sites for hydroxylation is 1. The molecule has 0 fully saturated rings. The van der Waals surface area contributed by atoms with Gasteiger partial charge in [0, 0.05) is 12.4 Å². The van der Waals surface area contributed by atoms with E-state index >= 15 is 0 Å². The number of methoxy groups -OCH3 is 1. The first-order valence-electron chi connectivity index (χ1n) is 6.33. The number of esters is 1. The zero-order valence-electron chi connectivity index (χ0n) is 11.7. The lowest BCUT2D eigenvalue weighted by Gasteiger charge is -2.17. The molecule has 1 heterocycles. The van der Waals surface area contributed by atoms with Crippen molar-refractivity contribution in [1.29, 1.82) is 0 Å². The number of amides is 1. The van der Waals surface area contributed by atoms with Gasteiger partial charge in [-0.25, -0.2) is 9.78 Å². The van der Waals surface area contributed by atoms with Crippen molar-refractivity contribution < 1.29 is 14.3 Å². The SMILES string of the molecule is COC(=O)[C@@H](NC(=O)c1cnccn1)c1cccc(C)c1. The summed E-state index contributed by atoms with van der Waals surface area (Å²) < 4.78 is 4.75. The van der Waals surface area contributed by atoms with Crippen LogP contribution in [0.3, 0.4) is 0 Å². The first kappa shape index (κ1) is 14.6. The summed E-state index contributed by atoms with van der Waals surface area (Å²) in [5.74, 6) is -1.03. The number of ether oxygens (including phenoxy) is 1. The number of hydrogen-bond acceptors (Lipinski definition) is 5. The Balaban J connectivity index is 2.26. The Morgan fingerprint density at radius 2 is 2.10 bits per heavy atom. The molecule has 0 aliphatic heterocycles. The van der Waals surface area contributed by atoms with E-state index in [9.17, 15) is 9.59 Å². The second-order valence-electron chi connectivity index (χ2n) is 4.43. The second kappa shape index (κ2) is 6.60. The molecule has 1 aromatic carbocycles. The van der Waals surface area contributed by atoms with Crippen LogP contribution in [0.15, 0.2) is 42.9 Å². The highest BCUT2D eigenvalue weighted by Gasteiger charge is 2.24. The molecule has 6 nitrogen and oxygen atoms in total. The van der Waals surface area contributed by atoms with Crippen molar-refractivity contribution in [2.24, 2.45) is 0 Å². The van der Waals surface area contributed by atoms with Crippen molar-refractivity contribution in [3.05, 3.63) is 59.7 Å². The molecular weight excluding hydrogens is 270 g/mol. The van der Waals surface area contributed by atoms with Crippen LogP contribution in [-0.4, -0.2) is 29.0 Å². The maximum absolute atomic E-state index is 12.1. The van der Waals surface area contributed by atoms with Gasteiger partial charge in [-0.3, -0.25) is 9.78 Å². The molecular formula is C15H15N3O3. The number of benzene rings is 1. The minimum absolute atomic E-state index is 0.138. The van der Waals surface area contributed by atoms with E-state index < -0.39 is 17.9 Å². The Morgan fingerprint density at radius 3 is 2.71 bits per heavy atom. The minimum Gasteiger partial charge on any atom is -0.467 e. The standard InChI is InChI=1S/C15H15N3O3/c1-10-4-3-5-11(8-10)13(15(20)21-2)18-14(19)12-9-16-6-7-17-12/h3-9,13H,1-2H3,(H,18,19)/t13-/m0/s1. The Labute approximate surface area is 122 Å². The number of nitrogens with one attached hydrogen (secondary N) is 1. The molecule has 1 amide bonds. The fraction of sp³-hybridized carbons (Fsp3) is 0.200. The predicted molar refractivity (Wildman–Crippen MR) is 75.4 cm³/mol. The molecule has 0 saturated carbocycles. The first-order valence-corrected chi connectivity index (χ1v) is 6.33. The van der Waals surface area contributed by atoms with Gasteiger partial charge in [0.1, 0.15) is 5.69 Å². The number of nitrogens with zero attached hydrogens (tertiary/aromatic N) is 2. The molecule has 0 aliphatic rings. The number of carbonyl (C=O) groups is 2. The van der Waals surface area contributed by atoms with Crippen LogP contribution in [0.4, 0.5) is 0 Å². The maximum Gasteiger partial charge on any atom is 0.333 e. The molecule has 21 heavy (non-hydrogen) atoms. The van der Waals surface area contributed by atoms with Gasteiger partial charge in [0.15, 0.2) is 6.04 Å². The summed E-state index contributed by atoms with van der Waals surface area (Å²) in [5, 5.41) is 2.61. The van der Waals surface area contributed by atoms with Gasteiger partial charge in [0.2, 0.25) is 0 Å². The summed E-state index contributed by atoms with van der Waals surface area (Å²) in [6, 6.07) is 6.41. The number of hydrogen-bond donors (Lipinski definition) is 1. The molecule has 0 aliphatic carbocycles. The van der Waals surface area contributed by atoms with Gasteiger partial charge in [-0.15, -0.1) is 0 Å². The third kappa shape index (κ3) is 3.62. The molecule has 0 spiro atoms. The van der Waals surface area contributed by atoms with E-state index in [0.717, 1.165) is 5.56 Å². The van der Waals surface area contributed by atoms with Gasteiger partial charge < -0.3 is 10.1 Å². The number of rotatable bonds is 4. The molecule has 1 N–H and O–H groups in total. The number of aromatic nitrogens is 2. The minimum atomic E-state index is -0.885. The molecule has 0 saturated heterocycles. The third-order valence-electron chi connectivity index (χ3n) is 2.88. The Bertz CT molecular complexity index is 644. The fourth-order valence-electron chi connectivity index (χ4n) is 1.87. The van der Waals surface area contributed by atoms with E-state index in [1.54, 1.807) is 6.07 Å². The van der Waals surface area contributed by atoms with Crippen molar-refractivity contribution in [2.75, 3.05) is 7.11 Å². The number of carbonyl (C=O) groups excluding carboxylic acids is 2. The Kier molecular flexibility index (Phi) is 4.61. The molecule has 2 rings (SSSR count).